The molecule has 1 saturated heterocycles. The van der Waals surface area contributed by atoms with Crippen molar-refractivity contribution < 1.29 is 51.8 Å². The van der Waals surface area contributed by atoms with Gasteiger partial charge >= 0.3 is 10.4 Å². The van der Waals surface area contributed by atoms with Crippen LogP contribution in [-0.2, 0) is 28.9 Å². The summed E-state index contributed by atoms with van der Waals surface area (Å²) in [5.74, 6) is -0.252. The highest BCUT2D eigenvalue weighted by Crippen LogP contribution is 2.26. The lowest BCUT2D eigenvalue weighted by molar-refractivity contribution is -0.298. The van der Waals surface area contributed by atoms with Crippen molar-refractivity contribution in [2.45, 2.75) is 410 Å². The van der Waals surface area contributed by atoms with Gasteiger partial charge in [0.2, 0.25) is 5.91 Å². The van der Waals surface area contributed by atoms with Crippen molar-refractivity contribution in [2.24, 2.45) is 0 Å². The number of carbonyl (C=O) groups is 1. The fourth-order valence-corrected chi connectivity index (χ4v) is 12.4. The van der Waals surface area contributed by atoms with E-state index < -0.39 is 59.9 Å². The number of ether oxygens (including phenoxy) is 2. The molecule has 1 heterocycles. The number of hydrogen-bond donors (Lipinski definition) is 6. The molecular formula is C69H135NO11S. The number of aliphatic hydroxyl groups is 4. The van der Waals surface area contributed by atoms with Gasteiger partial charge in [0.25, 0.3) is 0 Å². The number of allylic oxidation sites excluding steroid dienone is 1. The van der Waals surface area contributed by atoms with Crippen LogP contribution in [0.2, 0.25) is 0 Å². The molecule has 0 aromatic heterocycles. The van der Waals surface area contributed by atoms with Gasteiger partial charge in [-0.2, -0.15) is 8.42 Å². The molecule has 1 fully saturated rings. The van der Waals surface area contributed by atoms with Gasteiger partial charge in [0.05, 0.1) is 25.4 Å². The van der Waals surface area contributed by atoms with Crippen molar-refractivity contribution in [1.82, 2.24) is 5.32 Å². The summed E-state index contributed by atoms with van der Waals surface area (Å²) in [6.07, 6.45) is 65.8. The number of nitrogens with one attached hydrogen (secondary N) is 1. The molecule has 0 aromatic carbocycles. The Hall–Kier alpha value is -1.16. The first-order valence-electron chi connectivity index (χ1n) is 35.6. The first kappa shape index (κ1) is 78.9. The van der Waals surface area contributed by atoms with E-state index in [1.54, 1.807) is 6.08 Å². The topological polar surface area (TPSA) is 192 Å². The standard InChI is InChI=1S/C69H135NO11S/c1-3-5-7-9-11-13-15-17-19-21-23-25-27-28-29-30-31-32-33-34-35-37-39-41-43-45-47-49-51-53-55-57-59-65(73)70-62(61-79-69-67(75)68(81-82(76,77)78)66(74)64(60-71)80-69)63(72)58-56-54-52-50-48-46-44-42-40-38-36-26-24-22-20-18-16-14-12-10-8-6-4-2/h56,58,62-64,66-69,71-72,74-75H,3-55,57,59-61H2,1-2H3,(H,70,73)(H,76,77,78)/b58-56+. The second kappa shape index (κ2) is 58.8. The van der Waals surface area contributed by atoms with Crippen molar-refractivity contribution in [1.29, 1.82) is 0 Å². The Bertz CT molecular complexity index is 1490. The zero-order valence-corrected chi connectivity index (χ0v) is 54.4. The van der Waals surface area contributed by atoms with Crippen LogP contribution in [0.1, 0.15) is 367 Å². The summed E-state index contributed by atoms with van der Waals surface area (Å²) in [5.41, 5.74) is 0. The minimum atomic E-state index is -5.09. The van der Waals surface area contributed by atoms with E-state index in [9.17, 15) is 38.2 Å². The van der Waals surface area contributed by atoms with Crippen molar-refractivity contribution in [3.63, 3.8) is 0 Å². The smallest absolute Gasteiger partial charge is 0.394 e. The number of amides is 1. The number of carbonyl (C=O) groups excluding carboxylic acids is 1. The first-order valence-corrected chi connectivity index (χ1v) is 36.9. The molecule has 7 atom stereocenters. The third-order valence-corrected chi connectivity index (χ3v) is 17.8. The number of unbranched alkanes of at least 4 members (excludes halogenated alkanes) is 52. The van der Waals surface area contributed by atoms with Crippen molar-refractivity contribution in [3.05, 3.63) is 12.2 Å². The number of aliphatic hydroxyl groups excluding tert-OH is 4. The minimum absolute atomic E-state index is 0.252. The number of hydrogen-bond acceptors (Lipinski definition) is 10. The highest BCUT2D eigenvalue weighted by Gasteiger charge is 2.48. The normalized spacial score (nSPS) is 18.5. The molecule has 1 aliphatic rings. The lowest BCUT2D eigenvalue weighted by Gasteiger charge is -2.41. The zero-order chi connectivity index (χ0) is 59.7. The molecule has 0 radical (unpaired) electrons. The largest absolute Gasteiger partial charge is 0.397 e. The Morgan fingerprint density at radius 3 is 1.06 bits per heavy atom. The SMILES string of the molecule is CCCCCCCCCCCCCCCCCCCCCCC/C=C/C(O)C(COC1OC(CO)C(O)C(OS(=O)(=O)O)C1O)NC(=O)CCCCCCCCCCCCCCCCCCCCCCCCCCCCCCCCCC. The Labute approximate surface area is 506 Å². The summed E-state index contributed by atoms with van der Waals surface area (Å²) < 4.78 is 48.1. The van der Waals surface area contributed by atoms with Gasteiger partial charge < -0.3 is 35.2 Å². The van der Waals surface area contributed by atoms with Gasteiger partial charge in [0.1, 0.15) is 24.4 Å². The average Bonchev–Trinajstić information content (AvgIpc) is 3.64. The molecule has 0 aliphatic carbocycles. The molecule has 7 unspecified atom stereocenters. The summed E-state index contributed by atoms with van der Waals surface area (Å²) in [5, 5.41) is 45.2. The van der Waals surface area contributed by atoms with E-state index in [2.05, 4.69) is 23.3 Å². The summed E-state index contributed by atoms with van der Waals surface area (Å²) >= 11 is 0. The molecule has 0 saturated carbocycles. The predicted molar refractivity (Wildman–Crippen MR) is 342 cm³/mol. The highest BCUT2D eigenvalue weighted by atomic mass is 32.3. The predicted octanol–water partition coefficient (Wildman–Crippen LogP) is 18.5. The molecule has 82 heavy (non-hydrogen) atoms. The van der Waals surface area contributed by atoms with Crippen LogP contribution < -0.4 is 5.32 Å². The van der Waals surface area contributed by atoms with Crippen LogP contribution in [0.3, 0.4) is 0 Å². The molecule has 1 amide bonds. The Morgan fingerprint density at radius 2 is 0.768 bits per heavy atom. The maximum atomic E-state index is 13.2. The Balaban J connectivity index is 2.22. The van der Waals surface area contributed by atoms with Gasteiger partial charge in [-0.05, 0) is 19.3 Å². The average molecular weight is 1190 g/mol. The van der Waals surface area contributed by atoms with Crippen molar-refractivity contribution in [3.8, 4) is 0 Å². The quantitative estimate of drug-likeness (QED) is 0.0193. The summed E-state index contributed by atoms with van der Waals surface area (Å²) in [6, 6.07) is -0.942. The molecular weight excluding hydrogens is 1050 g/mol. The van der Waals surface area contributed by atoms with Gasteiger partial charge in [-0.3, -0.25) is 9.35 Å². The van der Waals surface area contributed by atoms with E-state index >= 15 is 0 Å². The fraction of sp³-hybridized carbons (Fsp3) is 0.957. The molecule has 1 aliphatic heterocycles. The second-order valence-corrected chi connectivity index (χ2v) is 26.2. The molecule has 6 N–H and O–H groups in total. The van der Waals surface area contributed by atoms with E-state index in [1.807, 2.05) is 6.08 Å². The van der Waals surface area contributed by atoms with Crippen LogP contribution in [0.15, 0.2) is 12.2 Å². The molecule has 12 nitrogen and oxygen atoms in total. The lowest BCUT2D eigenvalue weighted by Crippen LogP contribution is -2.61. The fourth-order valence-electron chi connectivity index (χ4n) is 11.9. The molecule has 1 rings (SSSR count). The van der Waals surface area contributed by atoms with Crippen LogP contribution in [0, 0.1) is 0 Å². The minimum Gasteiger partial charge on any atom is -0.394 e. The summed E-state index contributed by atoms with van der Waals surface area (Å²) in [6.45, 7) is 3.47. The van der Waals surface area contributed by atoms with Crippen molar-refractivity contribution in [2.75, 3.05) is 13.2 Å². The summed E-state index contributed by atoms with van der Waals surface area (Å²) in [7, 11) is -5.09. The molecule has 13 heteroatoms. The highest BCUT2D eigenvalue weighted by molar-refractivity contribution is 7.80. The third-order valence-electron chi connectivity index (χ3n) is 17.3. The zero-order valence-electron chi connectivity index (χ0n) is 53.6. The molecule has 0 spiro atoms. The van der Waals surface area contributed by atoms with Crippen LogP contribution in [0.4, 0.5) is 0 Å². The van der Waals surface area contributed by atoms with Gasteiger partial charge in [0.15, 0.2) is 6.29 Å². The molecule has 0 aromatic rings. The monoisotopic (exact) mass is 1190 g/mol. The van der Waals surface area contributed by atoms with Crippen molar-refractivity contribution >= 4 is 16.3 Å². The van der Waals surface area contributed by atoms with Gasteiger partial charge in [0, 0.05) is 6.42 Å². The van der Waals surface area contributed by atoms with Gasteiger partial charge in [-0.15, -0.1) is 0 Å². The lowest BCUT2D eigenvalue weighted by atomic mass is 9.99. The van der Waals surface area contributed by atoms with Crippen LogP contribution in [-0.4, -0.2) is 95.4 Å². The van der Waals surface area contributed by atoms with Gasteiger partial charge in [-0.1, -0.05) is 353 Å². The van der Waals surface area contributed by atoms with Crippen LogP contribution in [0.5, 0.6) is 0 Å². The van der Waals surface area contributed by atoms with E-state index in [4.69, 9.17) is 9.47 Å². The van der Waals surface area contributed by atoms with E-state index in [1.165, 1.54) is 302 Å². The van der Waals surface area contributed by atoms with E-state index in [-0.39, 0.29) is 18.9 Å². The van der Waals surface area contributed by atoms with E-state index in [0.717, 1.165) is 38.5 Å². The van der Waals surface area contributed by atoms with E-state index in [0.29, 0.717) is 6.42 Å². The third kappa shape index (κ3) is 49.9. The maximum absolute atomic E-state index is 13.2. The Morgan fingerprint density at radius 1 is 0.476 bits per heavy atom. The van der Waals surface area contributed by atoms with Gasteiger partial charge in [-0.25, -0.2) is 4.18 Å². The van der Waals surface area contributed by atoms with Crippen LogP contribution >= 0.6 is 0 Å². The number of rotatable bonds is 64. The Kier molecular flexibility index (Phi) is 56.6. The van der Waals surface area contributed by atoms with Crippen LogP contribution in [0.25, 0.3) is 0 Å². The molecule has 0 bridgehead atoms. The molecule has 488 valence electrons. The summed E-state index contributed by atoms with van der Waals surface area (Å²) in [4.78, 5) is 13.2. The first-order chi connectivity index (χ1) is 40.0. The second-order valence-electron chi connectivity index (χ2n) is 25.2. The maximum Gasteiger partial charge on any atom is 0.397 e.